The SMILES string of the molecule is CCCC(F)C(=O)OC#N. The molecular formula is C6H8FNO2. The van der Waals surface area contributed by atoms with Crippen LogP contribution in [-0.4, -0.2) is 12.1 Å². The molecule has 0 fully saturated rings. The summed E-state index contributed by atoms with van der Waals surface area (Å²) in [4.78, 5) is 10.3. The van der Waals surface area contributed by atoms with Gasteiger partial charge in [0.15, 0.2) is 6.17 Å². The second-order valence-electron chi connectivity index (χ2n) is 1.77. The molecule has 0 N–H and O–H groups in total. The monoisotopic (exact) mass is 145 g/mol. The van der Waals surface area contributed by atoms with Crippen LogP contribution in [-0.2, 0) is 9.53 Å². The highest BCUT2D eigenvalue weighted by Gasteiger charge is 2.17. The Labute approximate surface area is 58.4 Å². The highest BCUT2D eigenvalue weighted by Crippen LogP contribution is 2.02. The van der Waals surface area contributed by atoms with E-state index in [4.69, 9.17) is 5.26 Å². The summed E-state index contributed by atoms with van der Waals surface area (Å²) in [6.45, 7) is 1.74. The van der Waals surface area contributed by atoms with Gasteiger partial charge in [0.1, 0.15) is 0 Å². The third-order valence-electron chi connectivity index (χ3n) is 0.944. The minimum Gasteiger partial charge on any atom is -0.348 e. The maximum atomic E-state index is 12.4. The minimum atomic E-state index is -1.65. The lowest BCUT2D eigenvalue weighted by atomic mass is 10.2. The molecule has 10 heavy (non-hydrogen) atoms. The average molecular weight is 145 g/mol. The maximum Gasteiger partial charge on any atom is 0.355 e. The van der Waals surface area contributed by atoms with Gasteiger partial charge in [-0.25, -0.2) is 9.18 Å². The van der Waals surface area contributed by atoms with Crippen LogP contribution in [0.25, 0.3) is 0 Å². The molecular weight excluding hydrogens is 137 g/mol. The fourth-order valence-electron chi connectivity index (χ4n) is 0.480. The molecule has 0 saturated heterocycles. The maximum absolute atomic E-state index is 12.4. The molecule has 0 saturated carbocycles. The lowest BCUT2D eigenvalue weighted by Gasteiger charge is -1.99. The standard InChI is InChI=1S/C6H8FNO2/c1-2-3-5(7)6(9)10-4-8/h5H,2-3H2,1H3. The van der Waals surface area contributed by atoms with E-state index in [0.29, 0.717) is 6.42 Å². The fraction of sp³-hybridized carbons (Fsp3) is 0.667. The summed E-state index contributed by atoms with van der Waals surface area (Å²) in [5, 5.41) is 7.79. The number of carbonyl (C=O) groups excluding carboxylic acids is 1. The number of ether oxygens (including phenoxy) is 1. The van der Waals surface area contributed by atoms with E-state index in [-0.39, 0.29) is 6.42 Å². The van der Waals surface area contributed by atoms with Crippen molar-refractivity contribution in [3.05, 3.63) is 0 Å². The first-order chi connectivity index (χ1) is 4.72. The molecule has 0 spiro atoms. The summed E-state index contributed by atoms with van der Waals surface area (Å²) in [6, 6.07) is 0. The quantitative estimate of drug-likeness (QED) is 0.442. The van der Waals surface area contributed by atoms with Gasteiger partial charge in [0, 0.05) is 0 Å². The van der Waals surface area contributed by atoms with Crippen LogP contribution in [0.3, 0.4) is 0 Å². The Balaban J connectivity index is 3.62. The summed E-state index contributed by atoms with van der Waals surface area (Å²) < 4.78 is 16.1. The van der Waals surface area contributed by atoms with Crippen molar-refractivity contribution in [1.82, 2.24) is 0 Å². The van der Waals surface area contributed by atoms with Gasteiger partial charge in [0.2, 0.25) is 0 Å². The van der Waals surface area contributed by atoms with Gasteiger partial charge in [-0.15, -0.1) is 5.26 Å². The molecule has 0 aromatic rings. The Morgan fingerprint density at radius 2 is 2.50 bits per heavy atom. The predicted molar refractivity (Wildman–Crippen MR) is 31.5 cm³/mol. The number of alkyl halides is 1. The summed E-state index contributed by atoms with van der Waals surface area (Å²) in [5.74, 6) is -1.09. The van der Waals surface area contributed by atoms with Crippen molar-refractivity contribution in [2.45, 2.75) is 25.9 Å². The molecule has 4 heteroatoms. The zero-order valence-electron chi connectivity index (χ0n) is 5.63. The van der Waals surface area contributed by atoms with Crippen LogP contribution in [0.15, 0.2) is 0 Å². The van der Waals surface area contributed by atoms with E-state index < -0.39 is 12.1 Å². The van der Waals surface area contributed by atoms with Crippen LogP contribution in [0, 0.1) is 11.5 Å². The van der Waals surface area contributed by atoms with E-state index in [1.165, 1.54) is 0 Å². The first-order valence-electron chi connectivity index (χ1n) is 2.96. The number of hydrogen-bond acceptors (Lipinski definition) is 3. The van der Waals surface area contributed by atoms with Crippen LogP contribution < -0.4 is 0 Å². The number of esters is 1. The van der Waals surface area contributed by atoms with Crippen LogP contribution in [0.1, 0.15) is 19.8 Å². The molecule has 0 amide bonds. The zero-order valence-corrected chi connectivity index (χ0v) is 5.63. The van der Waals surface area contributed by atoms with Crippen molar-refractivity contribution in [1.29, 1.82) is 5.26 Å². The number of nitrogens with zero attached hydrogens (tertiary/aromatic N) is 1. The summed E-state index contributed by atoms with van der Waals surface area (Å²) in [7, 11) is 0. The highest BCUT2D eigenvalue weighted by atomic mass is 19.1. The van der Waals surface area contributed by atoms with E-state index in [1.807, 2.05) is 0 Å². The van der Waals surface area contributed by atoms with Crippen molar-refractivity contribution >= 4 is 5.97 Å². The first-order valence-corrected chi connectivity index (χ1v) is 2.96. The van der Waals surface area contributed by atoms with Gasteiger partial charge in [-0.05, 0) is 6.42 Å². The van der Waals surface area contributed by atoms with Crippen molar-refractivity contribution < 1.29 is 13.9 Å². The first kappa shape index (κ1) is 8.89. The predicted octanol–water partition coefficient (Wildman–Crippen LogP) is 1.15. The zero-order chi connectivity index (χ0) is 7.98. The van der Waals surface area contributed by atoms with Crippen molar-refractivity contribution in [3.8, 4) is 6.26 Å². The van der Waals surface area contributed by atoms with E-state index in [9.17, 15) is 9.18 Å². The van der Waals surface area contributed by atoms with Gasteiger partial charge in [-0.1, -0.05) is 13.3 Å². The minimum absolute atomic E-state index is 0.112. The third kappa shape index (κ3) is 3.02. The molecule has 56 valence electrons. The largest absolute Gasteiger partial charge is 0.355 e. The molecule has 0 heterocycles. The second-order valence-corrected chi connectivity index (χ2v) is 1.77. The molecule has 0 aromatic heterocycles. The van der Waals surface area contributed by atoms with E-state index >= 15 is 0 Å². The summed E-state index contributed by atoms with van der Waals surface area (Å²) >= 11 is 0. The lowest BCUT2D eigenvalue weighted by Crippen LogP contribution is -2.16. The van der Waals surface area contributed by atoms with E-state index in [2.05, 4.69) is 4.74 Å². The average Bonchev–Trinajstić information content (AvgIpc) is 1.89. The smallest absolute Gasteiger partial charge is 0.348 e. The van der Waals surface area contributed by atoms with Gasteiger partial charge >= 0.3 is 5.97 Å². The van der Waals surface area contributed by atoms with Crippen molar-refractivity contribution in [2.75, 3.05) is 0 Å². The van der Waals surface area contributed by atoms with Gasteiger partial charge in [-0.3, -0.25) is 0 Å². The Morgan fingerprint density at radius 3 is 2.90 bits per heavy atom. The Bertz CT molecular complexity index is 152. The van der Waals surface area contributed by atoms with Crippen molar-refractivity contribution in [3.63, 3.8) is 0 Å². The van der Waals surface area contributed by atoms with Gasteiger partial charge in [0.05, 0.1) is 0 Å². The van der Waals surface area contributed by atoms with Gasteiger partial charge < -0.3 is 4.74 Å². The molecule has 0 rings (SSSR count). The van der Waals surface area contributed by atoms with Gasteiger partial charge in [0.25, 0.3) is 6.26 Å². The molecule has 3 nitrogen and oxygen atoms in total. The van der Waals surface area contributed by atoms with Crippen LogP contribution in [0.4, 0.5) is 4.39 Å². The highest BCUT2D eigenvalue weighted by molar-refractivity contribution is 5.75. The normalized spacial score (nSPS) is 11.7. The molecule has 0 aliphatic heterocycles. The molecule has 1 unspecified atom stereocenters. The van der Waals surface area contributed by atoms with E-state index in [1.54, 1.807) is 6.92 Å². The van der Waals surface area contributed by atoms with E-state index in [0.717, 1.165) is 6.26 Å². The molecule has 0 radical (unpaired) electrons. The van der Waals surface area contributed by atoms with Gasteiger partial charge in [-0.2, -0.15) is 0 Å². The Hall–Kier alpha value is -1.11. The Morgan fingerprint density at radius 1 is 1.90 bits per heavy atom. The molecule has 0 aromatic carbocycles. The summed E-state index contributed by atoms with van der Waals surface area (Å²) in [5.41, 5.74) is 0. The van der Waals surface area contributed by atoms with Crippen LogP contribution >= 0.6 is 0 Å². The van der Waals surface area contributed by atoms with Crippen LogP contribution in [0.5, 0.6) is 0 Å². The topological polar surface area (TPSA) is 50.1 Å². The Kier molecular flexibility index (Phi) is 4.21. The third-order valence-corrected chi connectivity index (χ3v) is 0.944. The molecule has 0 aliphatic carbocycles. The molecule has 0 bridgehead atoms. The number of rotatable bonds is 3. The van der Waals surface area contributed by atoms with Crippen molar-refractivity contribution in [2.24, 2.45) is 0 Å². The van der Waals surface area contributed by atoms with Crippen LogP contribution in [0.2, 0.25) is 0 Å². The fourth-order valence-corrected chi connectivity index (χ4v) is 0.480. The molecule has 0 aliphatic rings. The second kappa shape index (κ2) is 4.74. The molecule has 1 atom stereocenters. The number of halogens is 1. The lowest BCUT2D eigenvalue weighted by molar-refractivity contribution is -0.142. The number of carbonyl (C=O) groups is 1. The summed E-state index contributed by atoms with van der Waals surface area (Å²) in [6.07, 6.45) is 0.138. The number of nitriles is 1. The number of hydrogen-bond donors (Lipinski definition) is 0.